The van der Waals surface area contributed by atoms with Gasteiger partial charge in [0.25, 0.3) is 0 Å². The maximum atomic E-state index is 12.9. The predicted molar refractivity (Wildman–Crippen MR) is 110 cm³/mol. The van der Waals surface area contributed by atoms with Gasteiger partial charge in [0.05, 0.1) is 5.56 Å². The number of rotatable bonds is 10. The number of alkyl halides is 3. The highest BCUT2D eigenvalue weighted by molar-refractivity contribution is 6.06. The van der Waals surface area contributed by atoms with Gasteiger partial charge in [-0.25, -0.2) is 0 Å². The molecule has 0 saturated heterocycles. The van der Waals surface area contributed by atoms with Crippen molar-refractivity contribution in [2.45, 2.75) is 64.1 Å². The third-order valence-electron chi connectivity index (χ3n) is 4.85. The van der Waals surface area contributed by atoms with Crippen molar-refractivity contribution in [1.82, 2.24) is 0 Å². The van der Waals surface area contributed by atoms with Crippen LogP contribution < -0.4 is 0 Å². The molecule has 1 unspecified atom stereocenters. The number of unbranched alkanes of at least 4 members (excludes halogenated alkanes) is 1. The van der Waals surface area contributed by atoms with Crippen molar-refractivity contribution in [3.05, 3.63) is 71.3 Å². The Bertz CT molecular complexity index is 819. The van der Waals surface area contributed by atoms with Crippen LogP contribution in [0.5, 0.6) is 0 Å². The molecule has 1 atom stereocenters. The number of hydrogen-bond acceptors (Lipinski definition) is 3. The minimum absolute atomic E-state index is 0.0516. The van der Waals surface area contributed by atoms with Crippen molar-refractivity contribution in [1.29, 1.82) is 0 Å². The molecule has 6 heteroatoms. The molecule has 0 amide bonds. The lowest BCUT2D eigenvalue weighted by molar-refractivity contribution is -0.149. The first-order chi connectivity index (χ1) is 14.3. The zero-order valence-electron chi connectivity index (χ0n) is 17.1. The highest BCUT2D eigenvalue weighted by Crippen LogP contribution is 2.30. The van der Waals surface area contributed by atoms with Gasteiger partial charge in [0, 0.05) is 12.8 Å². The number of hydrogen-bond donors (Lipinski definition) is 0. The predicted octanol–water partition coefficient (Wildman–Crippen LogP) is 6.14. The smallest absolute Gasteiger partial charge is 0.416 e. The number of allylic oxidation sites excluding steroid dienone is 5. The van der Waals surface area contributed by atoms with E-state index in [1.165, 1.54) is 12.1 Å². The van der Waals surface area contributed by atoms with Crippen LogP contribution >= 0.6 is 0 Å². The molecular formula is C24H27F3O3. The molecule has 1 aromatic carbocycles. The minimum atomic E-state index is -4.39. The molecule has 0 fully saturated rings. The molecule has 1 aliphatic rings. The third-order valence-corrected chi connectivity index (χ3v) is 4.85. The van der Waals surface area contributed by atoms with Crippen LogP contribution in [-0.2, 0) is 26.9 Å². The number of esters is 1. The summed E-state index contributed by atoms with van der Waals surface area (Å²) in [5.41, 5.74) is 0.496. The van der Waals surface area contributed by atoms with Gasteiger partial charge in [-0.1, -0.05) is 42.5 Å². The summed E-state index contributed by atoms with van der Waals surface area (Å²) in [5, 5.41) is 0. The van der Waals surface area contributed by atoms with Crippen LogP contribution in [0.25, 0.3) is 0 Å². The highest BCUT2D eigenvalue weighted by atomic mass is 19.4. The lowest BCUT2D eigenvalue weighted by Crippen LogP contribution is -2.19. The molecule has 0 saturated carbocycles. The Balaban J connectivity index is 1.99. The third kappa shape index (κ3) is 8.01. The first-order valence-electron chi connectivity index (χ1n) is 10.2. The van der Waals surface area contributed by atoms with Gasteiger partial charge >= 0.3 is 12.1 Å². The van der Waals surface area contributed by atoms with Crippen molar-refractivity contribution in [3.63, 3.8) is 0 Å². The lowest BCUT2D eigenvalue weighted by Gasteiger charge is -2.17. The lowest BCUT2D eigenvalue weighted by atomic mass is 10.0. The van der Waals surface area contributed by atoms with E-state index >= 15 is 0 Å². The van der Waals surface area contributed by atoms with Crippen LogP contribution in [-0.4, -0.2) is 17.9 Å². The average Bonchev–Trinajstić information content (AvgIpc) is 3.12. The second kappa shape index (κ2) is 11.5. The van der Waals surface area contributed by atoms with E-state index < -0.39 is 17.8 Å². The van der Waals surface area contributed by atoms with Gasteiger partial charge in [-0.15, -0.1) is 0 Å². The maximum Gasteiger partial charge on any atom is 0.416 e. The molecule has 0 heterocycles. The molecule has 0 bridgehead atoms. The number of halogens is 3. The number of ketones is 1. The van der Waals surface area contributed by atoms with E-state index in [4.69, 9.17) is 4.74 Å². The summed E-state index contributed by atoms with van der Waals surface area (Å²) >= 11 is 0. The van der Waals surface area contributed by atoms with Crippen molar-refractivity contribution in [3.8, 4) is 0 Å². The van der Waals surface area contributed by atoms with Crippen LogP contribution in [0.1, 0.15) is 56.6 Å². The summed E-state index contributed by atoms with van der Waals surface area (Å²) in [6.45, 7) is 1.91. The second-order valence-electron chi connectivity index (χ2n) is 7.25. The van der Waals surface area contributed by atoms with Crippen molar-refractivity contribution < 1.29 is 27.5 Å². The van der Waals surface area contributed by atoms with Gasteiger partial charge in [-0.2, -0.15) is 13.2 Å². The molecular weight excluding hydrogens is 393 g/mol. The van der Waals surface area contributed by atoms with E-state index in [9.17, 15) is 22.8 Å². The number of carbonyl (C=O) groups excluding carboxylic acids is 2. The van der Waals surface area contributed by atoms with Crippen LogP contribution in [0.15, 0.2) is 60.2 Å². The molecule has 0 spiro atoms. The SMILES string of the molecule is C/C=C\CCCC(=O)OC(C/C=C1\CC=CC1=O)CCc1cccc(C(F)(F)F)c1. The average molecular weight is 420 g/mol. The van der Waals surface area contributed by atoms with E-state index in [1.807, 2.05) is 19.1 Å². The molecule has 2 rings (SSSR count). The normalized spacial score (nSPS) is 16.5. The van der Waals surface area contributed by atoms with Crippen LogP contribution in [0.2, 0.25) is 0 Å². The van der Waals surface area contributed by atoms with Gasteiger partial charge in [0.15, 0.2) is 5.78 Å². The van der Waals surface area contributed by atoms with Crippen LogP contribution in [0.3, 0.4) is 0 Å². The largest absolute Gasteiger partial charge is 0.462 e. The Morgan fingerprint density at radius 2 is 2.10 bits per heavy atom. The summed E-state index contributed by atoms with van der Waals surface area (Å²) in [4.78, 5) is 23.9. The van der Waals surface area contributed by atoms with Gasteiger partial charge in [-0.05, 0) is 62.3 Å². The fourth-order valence-corrected chi connectivity index (χ4v) is 3.19. The molecule has 1 aromatic rings. The summed E-state index contributed by atoms with van der Waals surface area (Å²) in [5.74, 6) is -0.382. The maximum absolute atomic E-state index is 12.9. The number of aryl methyl sites for hydroxylation is 1. The molecule has 0 aliphatic heterocycles. The number of ether oxygens (including phenoxy) is 1. The Morgan fingerprint density at radius 3 is 2.77 bits per heavy atom. The zero-order chi connectivity index (χ0) is 22.0. The standard InChI is InChI=1S/C24H27F3O3/c1-2-3-4-5-12-23(29)30-21(16-14-19-9-7-11-22(19)28)15-13-18-8-6-10-20(17-18)24(25,26)27/h2-3,6-8,10-11,14,17,21H,4-5,9,12-13,15-16H2,1H3/b3-2-,19-14+. The zero-order valence-corrected chi connectivity index (χ0v) is 17.1. The van der Waals surface area contributed by atoms with Crippen molar-refractivity contribution >= 4 is 11.8 Å². The van der Waals surface area contributed by atoms with E-state index in [1.54, 1.807) is 18.2 Å². The van der Waals surface area contributed by atoms with Crippen LogP contribution in [0, 0.1) is 0 Å². The Hall–Kier alpha value is -2.63. The van der Waals surface area contributed by atoms with E-state index in [0.717, 1.165) is 18.6 Å². The van der Waals surface area contributed by atoms with Crippen molar-refractivity contribution in [2.75, 3.05) is 0 Å². The Kier molecular flexibility index (Phi) is 9.09. The van der Waals surface area contributed by atoms with Gasteiger partial charge in [0.1, 0.15) is 6.10 Å². The highest BCUT2D eigenvalue weighted by Gasteiger charge is 2.30. The Morgan fingerprint density at radius 1 is 1.30 bits per heavy atom. The van der Waals surface area contributed by atoms with Crippen LogP contribution in [0.4, 0.5) is 13.2 Å². The summed E-state index contributed by atoms with van der Waals surface area (Å²) in [6.07, 6.45) is 7.44. The molecule has 162 valence electrons. The van der Waals surface area contributed by atoms with Crippen molar-refractivity contribution in [2.24, 2.45) is 0 Å². The summed E-state index contributed by atoms with van der Waals surface area (Å²) in [7, 11) is 0. The molecule has 3 nitrogen and oxygen atoms in total. The first-order valence-corrected chi connectivity index (χ1v) is 10.2. The van der Waals surface area contributed by atoms with E-state index in [2.05, 4.69) is 0 Å². The van der Waals surface area contributed by atoms with Gasteiger partial charge in [0.2, 0.25) is 0 Å². The molecule has 0 radical (unpaired) electrons. The molecule has 1 aliphatic carbocycles. The second-order valence-corrected chi connectivity index (χ2v) is 7.25. The van der Waals surface area contributed by atoms with Gasteiger partial charge in [-0.3, -0.25) is 9.59 Å². The van der Waals surface area contributed by atoms with E-state index in [0.29, 0.717) is 43.2 Å². The first kappa shape index (κ1) is 23.6. The van der Waals surface area contributed by atoms with E-state index in [-0.39, 0.29) is 18.2 Å². The minimum Gasteiger partial charge on any atom is -0.462 e. The summed E-state index contributed by atoms with van der Waals surface area (Å²) < 4.78 is 44.4. The number of carbonyl (C=O) groups is 2. The molecule has 30 heavy (non-hydrogen) atoms. The Labute approximate surface area is 175 Å². The molecule has 0 N–H and O–H groups in total. The van der Waals surface area contributed by atoms with Gasteiger partial charge < -0.3 is 4.74 Å². The fourth-order valence-electron chi connectivity index (χ4n) is 3.19. The topological polar surface area (TPSA) is 43.4 Å². The summed E-state index contributed by atoms with van der Waals surface area (Å²) in [6, 6.07) is 5.17. The molecule has 0 aromatic heterocycles. The monoisotopic (exact) mass is 420 g/mol. The quantitative estimate of drug-likeness (QED) is 0.198. The fraction of sp³-hybridized carbons (Fsp3) is 0.417. The number of benzene rings is 1.